The first-order valence-electron chi connectivity index (χ1n) is 7.14. The largest absolute Gasteiger partial charge is 0.361 e. The average molecular weight is 372 g/mol. The van der Waals surface area contributed by atoms with Crippen LogP contribution in [-0.4, -0.2) is 44.4 Å². The fourth-order valence-electron chi connectivity index (χ4n) is 1.98. The maximum Gasteiger partial charge on any atom is 0.252 e. The number of hydrogen-bond donors (Lipinski definition) is 1. The Labute approximate surface area is 145 Å². The summed E-state index contributed by atoms with van der Waals surface area (Å²) >= 11 is 6.02. The Kier molecular flexibility index (Phi) is 5.63. The Morgan fingerprint density at radius 3 is 2.62 bits per heavy atom. The number of amides is 1. The predicted molar refractivity (Wildman–Crippen MR) is 89.6 cm³/mol. The van der Waals surface area contributed by atoms with Gasteiger partial charge in [-0.2, -0.15) is 0 Å². The molecule has 0 bridgehead atoms. The van der Waals surface area contributed by atoms with Crippen molar-refractivity contribution in [1.29, 1.82) is 0 Å². The van der Waals surface area contributed by atoms with Crippen LogP contribution in [0, 0.1) is 6.92 Å². The van der Waals surface area contributed by atoms with E-state index in [0.29, 0.717) is 18.7 Å². The molecule has 1 amide bonds. The van der Waals surface area contributed by atoms with Crippen molar-refractivity contribution in [2.24, 2.45) is 0 Å². The van der Waals surface area contributed by atoms with Crippen molar-refractivity contribution in [2.45, 2.75) is 18.2 Å². The van der Waals surface area contributed by atoms with Gasteiger partial charge in [0.25, 0.3) is 5.91 Å². The normalized spacial score (nSPS) is 11.7. The van der Waals surface area contributed by atoms with E-state index in [0.717, 1.165) is 10.00 Å². The van der Waals surface area contributed by atoms with Crippen molar-refractivity contribution in [3.63, 3.8) is 0 Å². The number of halogens is 1. The van der Waals surface area contributed by atoms with E-state index in [1.54, 1.807) is 13.0 Å². The Morgan fingerprint density at radius 2 is 2.04 bits per heavy atom. The molecule has 0 saturated carbocycles. The van der Waals surface area contributed by atoms with Crippen LogP contribution in [0.5, 0.6) is 0 Å². The van der Waals surface area contributed by atoms with Gasteiger partial charge in [0.05, 0.1) is 21.2 Å². The minimum absolute atomic E-state index is 0.00850. The van der Waals surface area contributed by atoms with Crippen molar-refractivity contribution in [2.75, 3.05) is 20.6 Å². The molecule has 0 atom stereocenters. The molecule has 2 rings (SSSR count). The van der Waals surface area contributed by atoms with E-state index in [4.69, 9.17) is 16.1 Å². The molecule has 1 aromatic heterocycles. The van der Waals surface area contributed by atoms with E-state index in [2.05, 4.69) is 10.5 Å². The minimum atomic E-state index is -3.64. The fourth-order valence-corrected chi connectivity index (χ4v) is 3.12. The number of benzene rings is 1. The molecule has 1 aromatic carbocycles. The number of nitrogens with one attached hydrogen (secondary N) is 1. The van der Waals surface area contributed by atoms with Gasteiger partial charge in [0.2, 0.25) is 10.0 Å². The third-order valence-electron chi connectivity index (χ3n) is 3.30. The minimum Gasteiger partial charge on any atom is -0.361 e. The Bertz CT molecular complexity index is 846. The second-order valence-electron chi connectivity index (χ2n) is 5.36. The van der Waals surface area contributed by atoms with E-state index >= 15 is 0 Å². The summed E-state index contributed by atoms with van der Waals surface area (Å²) in [6, 6.07) is 5.82. The summed E-state index contributed by atoms with van der Waals surface area (Å²) in [4.78, 5) is 12.3. The van der Waals surface area contributed by atoms with E-state index in [1.807, 2.05) is 0 Å². The van der Waals surface area contributed by atoms with Gasteiger partial charge in [-0.05, 0) is 25.1 Å². The van der Waals surface area contributed by atoms with E-state index in [-0.39, 0.29) is 15.5 Å². The van der Waals surface area contributed by atoms with Crippen molar-refractivity contribution in [1.82, 2.24) is 14.8 Å². The van der Waals surface area contributed by atoms with Gasteiger partial charge in [0.1, 0.15) is 5.76 Å². The number of rotatable bonds is 6. The molecular weight excluding hydrogens is 354 g/mol. The van der Waals surface area contributed by atoms with Crippen LogP contribution in [0.25, 0.3) is 0 Å². The summed E-state index contributed by atoms with van der Waals surface area (Å²) in [5.41, 5.74) is 0.832. The van der Waals surface area contributed by atoms with E-state index in [1.165, 1.54) is 32.3 Å². The zero-order chi connectivity index (χ0) is 17.9. The lowest BCUT2D eigenvalue weighted by Gasteiger charge is -2.13. The smallest absolute Gasteiger partial charge is 0.252 e. The number of carbonyl (C=O) groups excluding carboxylic acids is 1. The number of carbonyl (C=O) groups is 1. The van der Waals surface area contributed by atoms with Crippen LogP contribution in [0.15, 0.2) is 33.7 Å². The van der Waals surface area contributed by atoms with Crippen molar-refractivity contribution >= 4 is 27.5 Å². The van der Waals surface area contributed by atoms with Crippen molar-refractivity contribution < 1.29 is 17.7 Å². The highest BCUT2D eigenvalue weighted by Crippen LogP contribution is 2.22. The number of hydrogen-bond acceptors (Lipinski definition) is 5. The average Bonchev–Trinajstić information content (AvgIpc) is 2.92. The topological polar surface area (TPSA) is 92.5 Å². The lowest BCUT2D eigenvalue weighted by atomic mass is 10.2. The highest BCUT2D eigenvalue weighted by atomic mass is 35.5. The molecule has 0 spiro atoms. The number of nitrogens with zero attached hydrogens (tertiary/aromatic N) is 2. The third kappa shape index (κ3) is 4.14. The number of aryl methyl sites for hydroxylation is 1. The van der Waals surface area contributed by atoms with Gasteiger partial charge in [-0.15, -0.1) is 0 Å². The first-order valence-corrected chi connectivity index (χ1v) is 8.96. The van der Waals surface area contributed by atoms with Crippen LogP contribution in [0.2, 0.25) is 5.02 Å². The van der Waals surface area contributed by atoms with Crippen LogP contribution in [0.3, 0.4) is 0 Å². The predicted octanol–water partition coefficient (Wildman–Crippen LogP) is 1.86. The Hall–Kier alpha value is -1.90. The zero-order valence-electron chi connectivity index (χ0n) is 13.5. The third-order valence-corrected chi connectivity index (χ3v) is 5.45. The lowest BCUT2D eigenvalue weighted by molar-refractivity contribution is 0.0954. The maximum absolute atomic E-state index is 12.3. The van der Waals surface area contributed by atoms with Crippen LogP contribution < -0.4 is 5.32 Å². The quantitative estimate of drug-likeness (QED) is 0.836. The molecule has 0 saturated heterocycles. The zero-order valence-corrected chi connectivity index (χ0v) is 15.1. The highest BCUT2D eigenvalue weighted by Gasteiger charge is 2.20. The first-order chi connectivity index (χ1) is 11.2. The van der Waals surface area contributed by atoms with Gasteiger partial charge in [0.15, 0.2) is 0 Å². The molecule has 9 heteroatoms. The molecule has 24 heavy (non-hydrogen) atoms. The molecule has 1 N–H and O–H groups in total. The second kappa shape index (κ2) is 7.33. The molecule has 7 nitrogen and oxygen atoms in total. The molecule has 0 unspecified atom stereocenters. The van der Waals surface area contributed by atoms with Gasteiger partial charge >= 0.3 is 0 Å². The van der Waals surface area contributed by atoms with Crippen molar-refractivity contribution in [3.8, 4) is 0 Å². The van der Waals surface area contributed by atoms with Crippen LogP contribution in [0.1, 0.15) is 21.8 Å². The lowest BCUT2D eigenvalue weighted by Crippen LogP contribution is -2.27. The molecule has 0 radical (unpaired) electrons. The summed E-state index contributed by atoms with van der Waals surface area (Å²) < 4.78 is 30.3. The molecule has 130 valence electrons. The first kappa shape index (κ1) is 18.4. The van der Waals surface area contributed by atoms with Gasteiger partial charge in [-0.25, -0.2) is 12.7 Å². The van der Waals surface area contributed by atoms with Gasteiger partial charge in [0, 0.05) is 33.1 Å². The fraction of sp³-hybridized carbons (Fsp3) is 0.333. The number of sulfonamides is 1. The molecule has 1 heterocycles. The van der Waals surface area contributed by atoms with E-state index in [9.17, 15) is 13.2 Å². The molecular formula is C15H18ClN3O4S. The standard InChI is InChI=1S/C15H18ClN3O4S/c1-10-8-11(18-23-10)6-7-17-15(20)13-9-12(4-5-14(13)16)24(21,22)19(2)3/h4-5,8-9H,6-7H2,1-3H3,(H,17,20). The van der Waals surface area contributed by atoms with Crippen LogP contribution in [0.4, 0.5) is 0 Å². The molecule has 0 aliphatic rings. The van der Waals surface area contributed by atoms with Crippen LogP contribution in [-0.2, 0) is 16.4 Å². The summed E-state index contributed by atoms with van der Waals surface area (Å²) in [6.45, 7) is 2.11. The summed E-state index contributed by atoms with van der Waals surface area (Å²) in [6.07, 6.45) is 0.496. The highest BCUT2D eigenvalue weighted by molar-refractivity contribution is 7.89. The van der Waals surface area contributed by atoms with Crippen molar-refractivity contribution in [3.05, 3.63) is 46.3 Å². The molecule has 0 aliphatic carbocycles. The SMILES string of the molecule is Cc1cc(CCNC(=O)c2cc(S(=O)(=O)N(C)C)ccc2Cl)no1. The van der Waals surface area contributed by atoms with Gasteiger partial charge < -0.3 is 9.84 Å². The summed E-state index contributed by atoms with van der Waals surface area (Å²) in [5.74, 6) is 0.247. The number of aromatic nitrogens is 1. The Balaban J connectivity index is 2.11. The monoisotopic (exact) mass is 371 g/mol. The molecule has 2 aromatic rings. The molecule has 0 fully saturated rings. The van der Waals surface area contributed by atoms with Gasteiger partial charge in [-0.1, -0.05) is 16.8 Å². The second-order valence-corrected chi connectivity index (χ2v) is 7.92. The Morgan fingerprint density at radius 1 is 1.33 bits per heavy atom. The summed E-state index contributed by atoms with van der Waals surface area (Å²) in [5, 5.41) is 6.71. The summed E-state index contributed by atoms with van der Waals surface area (Å²) in [7, 11) is -0.798. The van der Waals surface area contributed by atoms with Gasteiger partial charge in [-0.3, -0.25) is 4.79 Å². The van der Waals surface area contributed by atoms with E-state index < -0.39 is 15.9 Å². The maximum atomic E-state index is 12.3. The molecule has 0 aliphatic heterocycles. The van der Waals surface area contributed by atoms with Crippen LogP contribution >= 0.6 is 11.6 Å².